The van der Waals surface area contributed by atoms with Gasteiger partial charge in [0.1, 0.15) is 6.29 Å². The molecule has 0 aliphatic heterocycles. The van der Waals surface area contributed by atoms with Gasteiger partial charge in [0.25, 0.3) is 5.56 Å². The summed E-state index contributed by atoms with van der Waals surface area (Å²) in [5.74, 6) is 0. The van der Waals surface area contributed by atoms with Crippen molar-refractivity contribution in [2.45, 2.75) is 46.6 Å². The number of hydrogen-bond donors (Lipinski definition) is 1. The quantitative estimate of drug-likeness (QED) is 0.442. The van der Waals surface area contributed by atoms with Crippen molar-refractivity contribution < 1.29 is 9.90 Å². The van der Waals surface area contributed by atoms with E-state index in [4.69, 9.17) is 5.11 Å². The Balaban J connectivity index is 0.00000105. The van der Waals surface area contributed by atoms with E-state index >= 15 is 0 Å². The number of allylic oxidation sites excluding steroid dienone is 5. The smallest absolute Gasteiger partial charge is 0.258 e. The van der Waals surface area contributed by atoms with Gasteiger partial charge >= 0.3 is 0 Å². The molecule has 30 heavy (non-hydrogen) atoms. The SMILES string of the molecule is C#C.C=C/C=C(\C=C/C)c1c(CC=O)n(C)c(=O)c2cc(C)ccc12.CC(C)(C)O. The Morgan fingerprint density at radius 3 is 2.27 bits per heavy atom. The summed E-state index contributed by atoms with van der Waals surface area (Å²) in [7, 11) is 1.72. The number of benzene rings is 1. The standard InChI is InChI=1S/C20H21NO2.C4H10O.C2H2/c1-5-7-15(8-6-2)19-16-10-9-14(3)13-17(16)20(23)21(4)18(19)11-12-22;1-4(2,3)5;1-2/h5-10,12-13H,1,11H2,2-4H3;5H,1-3H3;1-2H/b8-6-,15-7+;;. The minimum Gasteiger partial charge on any atom is -0.391 e. The summed E-state index contributed by atoms with van der Waals surface area (Å²) in [6, 6.07) is 5.83. The Hall–Kier alpha value is -3.16. The lowest BCUT2D eigenvalue weighted by Gasteiger charge is -2.17. The molecule has 0 bridgehead atoms. The van der Waals surface area contributed by atoms with E-state index in [2.05, 4.69) is 19.4 Å². The minimum atomic E-state index is -0.500. The first-order valence-electron chi connectivity index (χ1n) is 9.62. The summed E-state index contributed by atoms with van der Waals surface area (Å²) in [4.78, 5) is 23.8. The van der Waals surface area contributed by atoms with Crippen molar-refractivity contribution in [3.05, 3.63) is 76.3 Å². The lowest BCUT2D eigenvalue weighted by Crippen LogP contribution is -2.23. The molecule has 4 nitrogen and oxygen atoms in total. The number of hydrogen-bond acceptors (Lipinski definition) is 3. The van der Waals surface area contributed by atoms with Gasteiger partial charge in [-0.05, 0) is 51.6 Å². The number of aromatic nitrogens is 1. The van der Waals surface area contributed by atoms with E-state index in [9.17, 15) is 9.59 Å². The van der Waals surface area contributed by atoms with E-state index in [0.717, 1.165) is 28.4 Å². The summed E-state index contributed by atoms with van der Waals surface area (Å²) in [6.07, 6.45) is 16.5. The third kappa shape index (κ3) is 7.69. The summed E-state index contributed by atoms with van der Waals surface area (Å²) in [6.45, 7) is 12.9. The Kier molecular flexibility index (Phi) is 11.1. The van der Waals surface area contributed by atoms with Gasteiger partial charge in [-0.25, -0.2) is 0 Å². The maximum Gasteiger partial charge on any atom is 0.258 e. The molecule has 1 aromatic carbocycles. The van der Waals surface area contributed by atoms with Gasteiger partial charge in [-0.3, -0.25) is 4.79 Å². The molecule has 2 rings (SSSR count). The Labute approximate surface area is 180 Å². The average molecular weight is 408 g/mol. The lowest BCUT2D eigenvalue weighted by atomic mass is 9.94. The third-order valence-electron chi connectivity index (χ3n) is 3.88. The predicted octanol–water partition coefficient (Wildman–Crippen LogP) is 4.76. The van der Waals surface area contributed by atoms with Crippen LogP contribution in [-0.2, 0) is 18.3 Å². The lowest BCUT2D eigenvalue weighted by molar-refractivity contribution is -0.107. The molecule has 0 amide bonds. The average Bonchev–Trinajstić information content (AvgIpc) is 2.67. The second-order valence-corrected chi connectivity index (χ2v) is 7.63. The van der Waals surface area contributed by atoms with Crippen molar-refractivity contribution >= 4 is 22.6 Å². The maximum atomic E-state index is 12.7. The van der Waals surface area contributed by atoms with Crippen molar-refractivity contribution in [3.63, 3.8) is 0 Å². The van der Waals surface area contributed by atoms with Crippen LogP contribution in [0.3, 0.4) is 0 Å². The summed E-state index contributed by atoms with van der Waals surface area (Å²) < 4.78 is 1.58. The van der Waals surface area contributed by atoms with Crippen LogP contribution >= 0.6 is 0 Å². The fraction of sp³-hybridized carbons (Fsp3) is 0.308. The van der Waals surface area contributed by atoms with Crippen LogP contribution in [0.5, 0.6) is 0 Å². The van der Waals surface area contributed by atoms with Gasteiger partial charge in [-0.15, -0.1) is 12.8 Å². The zero-order chi connectivity index (χ0) is 23.5. The highest BCUT2D eigenvalue weighted by Crippen LogP contribution is 2.28. The molecule has 0 radical (unpaired) electrons. The summed E-state index contributed by atoms with van der Waals surface area (Å²) >= 11 is 0. The fourth-order valence-corrected chi connectivity index (χ4v) is 2.85. The second kappa shape index (κ2) is 12.4. The minimum absolute atomic E-state index is 0.0808. The highest BCUT2D eigenvalue weighted by molar-refractivity contribution is 5.97. The molecule has 0 aliphatic rings. The van der Waals surface area contributed by atoms with Gasteiger partial charge in [0, 0.05) is 30.1 Å². The van der Waals surface area contributed by atoms with Crippen molar-refractivity contribution in [1.82, 2.24) is 4.57 Å². The Morgan fingerprint density at radius 1 is 1.23 bits per heavy atom. The number of pyridine rings is 1. The van der Waals surface area contributed by atoms with Crippen LogP contribution in [0.4, 0.5) is 0 Å². The van der Waals surface area contributed by atoms with Crippen LogP contribution in [0, 0.1) is 19.8 Å². The molecule has 0 fully saturated rings. The number of rotatable bonds is 5. The molecule has 1 heterocycles. The number of nitrogens with zero attached hydrogens (tertiary/aromatic N) is 1. The van der Waals surface area contributed by atoms with Crippen molar-refractivity contribution in [3.8, 4) is 12.8 Å². The number of aliphatic hydroxyl groups is 1. The predicted molar refractivity (Wildman–Crippen MR) is 129 cm³/mol. The number of carbonyl (C=O) groups is 1. The molecule has 1 N–H and O–H groups in total. The van der Waals surface area contributed by atoms with Gasteiger partial charge in [0.15, 0.2) is 0 Å². The van der Waals surface area contributed by atoms with Crippen LogP contribution in [0.2, 0.25) is 0 Å². The van der Waals surface area contributed by atoms with E-state index in [0.29, 0.717) is 11.1 Å². The molecule has 160 valence electrons. The molecular weight excluding hydrogens is 374 g/mol. The number of carbonyl (C=O) groups excluding carboxylic acids is 1. The number of terminal acetylenes is 1. The molecule has 2 aromatic rings. The van der Waals surface area contributed by atoms with E-state index in [1.807, 2.05) is 50.3 Å². The van der Waals surface area contributed by atoms with Gasteiger partial charge in [0.2, 0.25) is 0 Å². The zero-order valence-electron chi connectivity index (χ0n) is 18.9. The molecular formula is C26H33NO3. The van der Waals surface area contributed by atoms with Crippen LogP contribution in [0.1, 0.15) is 44.5 Å². The molecule has 0 unspecified atom stereocenters. The van der Waals surface area contributed by atoms with Gasteiger partial charge in [-0.1, -0.05) is 48.6 Å². The van der Waals surface area contributed by atoms with E-state index < -0.39 is 5.60 Å². The van der Waals surface area contributed by atoms with Gasteiger partial charge in [-0.2, -0.15) is 0 Å². The summed E-state index contributed by atoms with van der Waals surface area (Å²) in [5, 5.41) is 10.0. The Morgan fingerprint density at radius 2 is 1.80 bits per heavy atom. The fourth-order valence-electron chi connectivity index (χ4n) is 2.85. The van der Waals surface area contributed by atoms with E-state index in [1.54, 1.807) is 38.5 Å². The first kappa shape index (κ1) is 26.8. The van der Waals surface area contributed by atoms with E-state index in [-0.39, 0.29) is 12.0 Å². The molecule has 0 saturated heterocycles. The zero-order valence-corrected chi connectivity index (χ0v) is 18.9. The third-order valence-corrected chi connectivity index (χ3v) is 3.88. The molecule has 1 aromatic heterocycles. The first-order valence-corrected chi connectivity index (χ1v) is 9.62. The maximum absolute atomic E-state index is 12.7. The topological polar surface area (TPSA) is 59.3 Å². The van der Waals surface area contributed by atoms with Crippen molar-refractivity contribution in [2.75, 3.05) is 0 Å². The molecule has 0 aliphatic carbocycles. The second-order valence-electron chi connectivity index (χ2n) is 7.63. The highest BCUT2D eigenvalue weighted by Gasteiger charge is 2.16. The van der Waals surface area contributed by atoms with Crippen molar-refractivity contribution in [2.24, 2.45) is 7.05 Å². The first-order chi connectivity index (χ1) is 14.0. The molecule has 0 spiro atoms. The number of aryl methyl sites for hydroxylation is 1. The normalized spacial score (nSPS) is 11.3. The molecule has 4 heteroatoms. The number of aldehydes is 1. The van der Waals surface area contributed by atoms with Gasteiger partial charge < -0.3 is 14.5 Å². The Bertz CT molecular complexity index is 1010. The van der Waals surface area contributed by atoms with Crippen LogP contribution < -0.4 is 5.56 Å². The van der Waals surface area contributed by atoms with E-state index in [1.165, 1.54) is 0 Å². The monoisotopic (exact) mass is 407 g/mol. The van der Waals surface area contributed by atoms with Crippen LogP contribution in [-0.4, -0.2) is 21.6 Å². The van der Waals surface area contributed by atoms with Crippen LogP contribution in [0.25, 0.3) is 16.3 Å². The number of fused-ring (bicyclic) bond motifs is 1. The molecule has 0 atom stereocenters. The largest absolute Gasteiger partial charge is 0.391 e. The summed E-state index contributed by atoms with van der Waals surface area (Å²) in [5.41, 5.74) is 3.01. The van der Waals surface area contributed by atoms with Crippen LogP contribution in [0.15, 0.2) is 53.9 Å². The highest BCUT2D eigenvalue weighted by atomic mass is 16.3. The van der Waals surface area contributed by atoms with Crippen molar-refractivity contribution in [1.29, 1.82) is 0 Å². The van der Waals surface area contributed by atoms with Gasteiger partial charge in [0.05, 0.1) is 5.60 Å². The molecule has 0 saturated carbocycles.